The maximum Gasteiger partial charge on any atom is 0.356 e. The highest BCUT2D eigenvalue weighted by Gasteiger charge is 2.32. The van der Waals surface area contributed by atoms with Gasteiger partial charge in [0, 0.05) is 31.1 Å². The molecule has 252 valence electrons. The lowest BCUT2D eigenvalue weighted by atomic mass is 9.98. The lowest BCUT2D eigenvalue weighted by Gasteiger charge is -2.35. The number of nitrogens with zero attached hydrogens (tertiary/aromatic N) is 4. The average Bonchev–Trinajstić information content (AvgIpc) is 3.78. The molecule has 1 amide bonds. The number of aromatic amines is 1. The molecule has 1 saturated heterocycles. The molecule has 3 aromatic carbocycles. The molecule has 0 spiro atoms. The van der Waals surface area contributed by atoms with Gasteiger partial charge in [-0.1, -0.05) is 24.3 Å². The summed E-state index contributed by atoms with van der Waals surface area (Å²) < 4.78 is 53.3. The fourth-order valence-electron chi connectivity index (χ4n) is 5.73. The molecule has 1 aliphatic rings. The lowest BCUT2D eigenvalue weighted by Crippen LogP contribution is -2.45. The van der Waals surface area contributed by atoms with Crippen LogP contribution in [0.1, 0.15) is 56.1 Å². The molecule has 1 atom stereocenters. The van der Waals surface area contributed by atoms with Gasteiger partial charge in [-0.05, 0) is 68.5 Å². The van der Waals surface area contributed by atoms with Crippen molar-refractivity contribution in [1.82, 2.24) is 24.8 Å². The predicted molar refractivity (Wildman–Crippen MR) is 180 cm³/mol. The van der Waals surface area contributed by atoms with E-state index < -0.39 is 17.6 Å². The Balaban J connectivity index is 0.000000218. The van der Waals surface area contributed by atoms with Crippen LogP contribution in [0.3, 0.4) is 0 Å². The van der Waals surface area contributed by atoms with Crippen LogP contribution < -0.4 is 0 Å². The molecule has 2 N–H and O–H groups in total. The number of fused-ring (bicyclic) bond motifs is 1. The highest BCUT2D eigenvalue weighted by Crippen LogP contribution is 2.33. The first-order valence-corrected chi connectivity index (χ1v) is 16.9. The summed E-state index contributed by atoms with van der Waals surface area (Å²) in [7, 11) is 0. The van der Waals surface area contributed by atoms with Gasteiger partial charge in [0.2, 0.25) is 0 Å². The van der Waals surface area contributed by atoms with Gasteiger partial charge in [0.1, 0.15) is 23.2 Å². The summed E-state index contributed by atoms with van der Waals surface area (Å²) >= 11 is 2.69. The van der Waals surface area contributed by atoms with Gasteiger partial charge in [-0.3, -0.25) is 4.79 Å². The van der Waals surface area contributed by atoms with Crippen LogP contribution in [-0.2, 0) is 6.42 Å². The SMILES string of the molecule is Cc1nc(C(=O)N2CCCCC2Cc2nc3cc(F)c(F)cc3[nH]2)c(-c2ccc(F)cc2)s1.Cc1nc(C(=O)O)c(-c2ccc(F)cc2)s1. The number of nitrogens with one attached hydrogen (secondary N) is 1. The molecule has 49 heavy (non-hydrogen) atoms. The lowest BCUT2D eigenvalue weighted by molar-refractivity contribution is 0.0606. The maximum atomic E-state index is 13.6. The summed E-state index contributed by atoms with van der Waals surface area (Å²) in [5.41, 5.74) is 2.58. The first kappa shape index (κ1) is 33.9. The van der Waals surface area contributed by atoms with Crippen LogP contribution >= 0.6 is 22.7 Å². The molecule has 0 saturated carbocycles. The average molecular weight is 708 g/mol. The Morgan fingerprint density at radius 1 is 0.816 bits per heavy atom. The molecule has 4 heterocycles. The summed E-state index contributed by atoms with van der Waals surface area (Å²) in [6.07, 6.45) is 3.09. The number of likely N-dealkylation sites (tertiary alicyclic amines) is 1. The van der Waals surface area contributed by atoms with Gasteiger partial charge in [0.15, 0.2) is 17.3 Å². The Bertz CT molecular complexity index is 2110. The molecule has 14 heteroatoms. The van der Waals surface area contributed by atoms with E-state index in [4.69, 9.17) is 5.11 Å². The minimum Gasteiger partial charge on any atom is -0.476 e. The highest BCUT2D eigenvalue weighted by molar-refractivity contribution is 7.15. The van der Waals surface area contributed by atoms with Crippen LogP contribution in [0.15, 0.2) is 60.7 Å². The number of halogens is 4. The number of amides is 1. The zero-order chi connectivity index (χ0) is 34.8. The van der Waals surface area contributed by atoms with Crippen LogP contribution in [-0.4, -0.2) is 54.4 Å². The number of rotatable bonds is 6. The number of aryl methyl sites for hydroxylation is 2. The van der Waals surface area contributed by atoms with Crippen LogP contribution in [0.2, 0.25) is 0 Å². The van der Waals surface area contributed by atoms with E-state index in [1.54, 1.807) is 31.2 Å². The zero-order valence-electron chi connectivity index (χ0n) is 26.3. The smallest absolute Gasteiger partial charge is 0.356 e. The topological polar surface area (TPSA) is 112 Å². The standard InChI is InChI=1S/C24H21F3N4OS.C11H8FNO2S/c1-13-28-22(23(33-13)14-5-7-15(25)8-6-14)24(32)31-9-3-2-4-16(31)10-21-29-19-11-17(26)18(27)12-20(19)30-21;1-6-13-9(11(14)15)10(16-6)7-2-4-8(12)5-3-7/h5-8,11-12,16H,2-4,9-10H2,1H3,(H,29,30);2-5H,1H3,(H,14,15). The van der Waals surface area contributed by atoms with E-state index in [1.807, 2.05) is 11.8 Å². The van der Waals surface area contributed by atoms with E-state index in [-0.39, 0.29) is 29.3 Å². The number of carbonyl (C=O) groups excluding carboxylic acids is 1. The molecule has 0 aliphatic carbocycles. The van der Waals surface area contributed by atoms with E-state index in [0.717, 1.165) is 46.8 Å². The van der Waals surface area contributed by atoms with Crippen LogP contribution in [0.25, 0.3) is 31.9 Å². The van der Waals surface area contributed by atoms with E-state index in [9.17, 15) is 27.2 Å². The van der Waals surface area contributed by atoms with Gasteiger partial charge in [-0.25, -0.2) is 37.3 Å². The number of piperidine rings is 1. The molecule has 8 nitrogen and oxygen atoms in total. The van der Waals surface area contributed by atoms with Crippen molar-refractivity contribution in [3.8, 4) is 20.9 Å². The van der Waals surface area contributed by atoms with Crippen molar-refractivity contribution >= 4 is 45.6 Å². The van der Waals surface area contributed by atoms with E-state index in [2.05, 4.69) is 19.9 Å². The second-order valence-electron chi connectivity index (χ2n) is 11.5. The number of thiazole rings is 2. The normalized spacial score (nSPS) is 14.5. The van der Waals surface area contributed by atoms with Crippen molar-refractivity contribution < 1.29 is 32.3 Å². The second-order valence-corrected chi connectivity index (χ2v) is 13.9. The Labute approximate surface area is 286 Å². The number of carboxylic acid groups (broad SMARTS) is 1. The molecule has 0 bridgehead atoms. The number of hydrogen-bond acceptors (Lipinski definition) is 7. The van der Waals surface area contributed by atoms with Gasteiger partial charge in [-0.2, -0.15) is 0 Å². The Morgan fingerprint density at radius 2 is 1.37 bits per heavy atom. The summed E-state index contributed by atoms with van der Waals surface area (Å²) in [4.78, 5) is 43.5. The van der Waals surface area contributed by atoms with Crippen molar-refractivity contribution in [3.63, 3.8) is 0 Å². The van der Waals surface area contributed by atoms with E-state index >= 15 is 0 Å². The Hall–Kier alpha value is -4.95. The van der Waals surface area contributed by atoms with Gasteiger partial charge >= 0.3 is 5.97 Å². The number of carboxylic acids is 1. The van der Waals surface area contributed by atoms with Gasteiger partial charge in [0.25, 0.3) is 5.91 Å². The molecule has 7 rings (SSSR count). The van der Waals surface area contributed by atoms with Gasteiger partial charge in [-0.15, -0.1) is 22.7 Å². The summed E-state index contributed by atoms with van der Waals surface area (Å²) in [5, 5.41) is 10.4. The Morgan fingerprint density at radius 3 is 1.96 bits per heavy atom. The predicted octanol–water partition coefficient (Wildman–Crippen LogP) is 8.61. The molecule has 6 aromatic rings. The molecular formula is C35H29F4N5O3S2. The number of aromatic carboxylic acids is 1. The minimum atomic E-state index is -1.07. The number of imidazole rings is 1. The Kier molecular flexibility index (Phi) is 9.88. The number of H-pyrrole nitrogens is 1. The maximum absolute atomic E-state index is 13.6. The highest BCUT2D eigenvalue weighted by atomic mass is 32.1. The summed E-state index contributed by atoms with van der Waals surface area (Å²) in [6.45, 7) is 4.17. The van der Waals surface area contributed by atoms with Gasteiger partial charge < -0.3 is 15.0 Å². The fourth-order valence-corrected chi connectivity index (χ4v) is 7.56. The van der Waals surface area contributed by atoms with Crippen LogP contribution in [0, 0.1) is 37.1 Å². The first-order chi connectivity index (χ1) is 23.5. The second kappa shape index (κ2) is 14.3. The van der Waals surface area contributed by atoms with Crippen LogP contribution in [0.5, 0.6) is 0 Å². The molecule has 1 aliphatic heterocycles. The molecule has 1 unspecified atom stereocenters. The largest absolute Gasteiger partial charge is 0.476 e. The molecule has 0 radical (unpaired) electrons. The molecule has 3 aromatic heterocycles. The number of benzene rings is 3. The third-order valence-corrected chi connectivity index (χ3v) is 10.0. The van der Waals surface area contributed by atoms with Crippen molar-refractivity contribution in [3.05, 3.63) is 111 Å². The summed E-state index contributed by atoms with van der Waals surface area (Å²) in [6, 6.07) is 13.8. The first-order valence-electron chi connectivity index (χ1n) is 15.3. The third kappa shape index (κ3) is 7.55. The summed E-state index contributed by atoms with van der Waals surface area (Å²) in [5.74, 6) is -3.22. The quantitative estimate of drug-likeness (QED) is 0.168. The molecular weight excluding hydrogens is 679 g/mol. The fraction of sp³-hybridized carbons (Fsp3) is 0.229. The van der Waals surface area contributed by atoms with Crippen LogP contribution in [0.4, 0.5) is 17.6 Å². The number of carbonyl (C=O) groups is 2. The van der Waals surface area contributed by atoms with E-state index in [0.29, 0.717) is 51.0 Å². The van der Waals surface area contributed by atoms with Gasteiger partial charge in [0.05, 0.1) is 30.8 Å². The van der Waals surface area contributed by atoms with Crippen molar-refractivity contribution in [2.24, 2.45) is 0 Å². The molecule has 1 fully saturated rings. The third-order valence-electron chi connectivity index (χ3n) is 7.98. The minimum absolute atomic E-state index is 0.0223. The monoisotopic (exact) mass is 707 g/mol. The van der Waals surface area contributed by atoms with Crippen molar-refractivity contribution in [1.29, 1.82) is 0 Å². The van der Waals surface area contributed by atoms with E-state index in [1.165, 1.54) is 46.9 Å². The zero-order valence-corrected chi connectivity index (χ0v) is 27.9. The van der Waals surface area contributed by atoms with Crippen molar-refractivity contribution in [2.45, 2.75) is 45.6 Å². The van der Waals surface area contributed by atoms with Crippen molar-refractivity contribution in [2.75, 3.05) is 6.54 Å². The number of aromatic nitrogens is 4. The number of hydrogen-bond donors (Lipinski definition) is 2.